The molecular formula is C8H8O3. The van der Waals surface area contributed by atoms with E-state index in [4.69, 9.17) is 9.52 Å². The van der Waals surface area contributed by atoms with E-state index >= 15 is 0 Å². The number of carboxylic acids is 1. The third kappa shape index (κ3) is 1.97. The van der Waals surface area contributed by atoms with Crippen molar-refractivity contribution in [3.63, 3.8) is 0 Å². The highest BCUT2D eigenvalue weighted by Crippen LogP contribution is 2.12. The Bertz CT molecular complexity index is 270. The first-order valence-corrected chi connectivity index (χ1v) is 3.15. The second kappa shape index (κ2) is 3.05. The fraction of sp³-hybridized carbons (Fsp3) is 0.125. The van der Waals surface area contributed by atoms with Crippen molar-refractivity contribution in [2.24, 2.45) is 0 Å². The minimum Gasteiger partial charge on any atom is -0.478 e. The van der Waals surface area contributed by atoms with Crippen molar-refractivity contribution < 1.29 is 14.3 Å². The van der Waals surface area contributed by atoms with E-state index in [1.54, 1.807) is 19.1 Å². The van der Waals surface area contributed by atoms with Crippen LogP contribution >= 0.6 is 0 Å². The van der Waals surface area contributed by atoms with Gasteiger partial charge in [-0.25, -0.2) is 4.79 Å². The lowest BCUT2D eigenvalue weighted by atomic mass is 10.2. The summed E-state index contributed by atoms with van der Waals surface area (Å²) in [7, 11) is 0. The summed E-state index contributed by atoms with van der Waals surface area (Å²) in [5, 5.41) is 8.36. The van der Waals surface area contributed by atoms with E-state index in [0.29, 0.717) is 11.3 Å². The Morgan fingerprint density at radius 2 is 2.45 bits per heavy atom. The van der Waals surface area contributed by atoms with E-state index in [0.717, 1.165) is 6.08 Å². The third-order valence-corrected chi connectivity index (χ3v) is 1.25. The topological polar surface area (TPSA) is 50.4 Å². The molecule has 0 bridgehead atoms. The summed E-state index contributed by atoms with van der Waals surface area (Å²) in [6.07, 6.45) is 2.62. The first kappa shape index (κ1) is 7.60. The molecule has 58 valence electrons. The monoisotopic (exact) mass is 152 g/mol. The Morgan fingerprint density at radius 3 is 2.91 bits per heavy atom. The summed E-state index contributed by atoms with van der Waals surface area (Å²) < 4.78 is 4.96. The summed E-state index contributed by atoms with van der Waals surface area (Å²) in [6, 6.07) is 3.43. The Balaban J connectivity index is 2.86. The van der Waals surface area contributed by atoms with Crippen molar-refractivity contribution >= 4 is 11.5 Å². The molecule has 0 amide bonds. The van der Waals surface area contributed by atoms with Gasteiger partial charge in [-0.15, -0.1) is 0 Å². The van der Waals surface area contributed by atoms with Crippen LogP contribution in [-0.2, 0) is 4.79 Å². The first-order valence-electron chi connectivity index (χ1n) is 3.15. The van der Waals surface area contributed by atoms with Gasteiger partial charge in [0.15, 0.2) is 0 Å². The number of aliphatic carboxylic acids is 1. The number of allylic oxidation sites excluding steroid dienone is 1. The van der Waals surface area contributed by atoms with Crippen LogP contribution in [0.1, 0.15) is 12.7 Å². The van der Waals surface area contributed by atoms with Gasteiger partial charge in [-0.3, -0.25) is 0 Å². The maximum absolute atomic E-state index is 10.2. The smallest absolute Gasteiger partial charge is 0.328 e. The zero-order chi connectivity index (χ0) is 8.27. The Kier molecular flexibility index (Phi) is 2.11. The number of hydrogen-bond donors (Lipinski definition) is 1. The van der Waals surface area contributed by atoms with E-state index in [1.165, 1.54) is 6.26 Å². The number of rotatable bonds is 2. The van der Waals surface area contributed by atoms with Gasteiger partial charge in [0.25, 0.3) is 0 Å². The van der Waals surface area contributed by atoms with Gasteiger partial charge in [0.05, 0.1) is 6.26 Å². The van der Waals surface area contributed by atoms with Crippen molar-refractivity contribution in [2.45, 2.75) is 6.92 Å². The number of carboxylic acid groups (broad SMARTS) is 1. The predicted octanol–water partition coefficient (Wildman–Crippen LogP) is 1.77. The van der Waals surface area contributed by atoms with Crippen LogP contribution in [0, 0.1) is 0 Å². The summed E-state index contributed by atoms with van der Waals surface area (Å²) in [4.78, 5) is 10.2. The van der Waals surface area contributed by atoms with Crippen LogP contribution in [0.2, 0.25) is 0 Å². The van der Waals surface area contributed by atoms with Crippen molar-refractivity contribution in [1.29, 1.82) is 0 Å². The Labute approximate surface area is 64.0 Å². The highest BCUT2D eigenvalue weighted by Gasteiger charge is 1.99. The molecule has 0 radical (unpaired) electrons. The van der Waals surface area contributed by atoms with Gasteiger partial charge >= 0.3 is 5.97 Å². The third-order valence-electron chi connectivity index (χ3n) is 1.25. The molecule has 0 aromatic carbocycles. The van der Waals surface area contributed by atoms with Crippen LogP contribution in [0.15, 0.2) is 28.9 Å². The molecule has 0 atom stereocenters. The number of hydrogen-bond acceptors (Lipinski definition) is 2. The van der Waals surface area contributed by atoms with Crippen LogP contribution < -0.4 is 0 Å². The number of furan rings is 1. The molecule has 1 rings (SSSR count). The molecule has 0 aliphatic carbocycles. The van der Waals surface area contributed by atoms with Crippen LogP contribution in [0.4, 0.5) is 0 Å². The van der Waals surface area contributed by atoms with Crippen LogP contribution in [0.3, 0.4) is 0 Å². The zero-order valence-corrected chi connectivity index (χ0v) is 6.07. The molecule has 1 aromatic heterocycles. The van der Waals surface area contributed by atoms with Gasteiger partial charge in [-0.05, 0) is 24.6 Å². The second-order valence-corrected chi connectivity index (χ2v) is 2.14. The molecule has 1 aromatic rings. The fourth-order valence-electron chi connectivity index (χ4n) is 0.759. The van der Waals surface area contributed by atoms with Crippen molar-refractivity contribution in [1.82, 2.24) is 0 Å². The van der Waals surface area contributed by atoms with Crippen molar-refractivity contribution in [3.8, 4) is 0 Å². The molecular weight excluding hydrogens is 144 g/mol. The standard InChI is InChI=1S/C8H8O3/c1-6(5-8(9)10)7-3-2-4-11-7/h2-5H,1H3,(H,9,10). The average molecular weight is 152 g/mol. The minimum absolute atomic E-state index is 0.590. The molecule has 0 fully saturated rings. The van der Waals surface area contributed by atoms with Gasteiger partial charge in [-0.1, -0.05) is 0 Å². The molecule has 0 unspecified atom stereocenters. The molecule has 0 saturated carbocycles. The van der Waals surface area contributed by atoms with Gasteiger partial charge < -0.3 is 9.52 Å². The maximum Gasteiger partial charge on any atom is 0.328 e. The molecule has 0 aliphatic rings. The largest absolute Gasteiger partial charge is 0.478 e. The summed E-state index contributed by atoms with van der Waals surface area (Å²) in [5.74, 6) is -0.369. The summed E-state index contributed by atoms with van der Waals surface area (Å²) >= 11 is 0. The highest BCUT2D eigenvalue weighted by molar-refractivity contribution is 5.88. The van der Waals surface area contributed by atoms with E-state index in [2.05, 4.69) is 0 Å². The summed E-state index contributed by atoms with van der Waals surface area (Å²) in [5.41, 5.74) is 0.613. The SMILES string of the molecule is CC(=CC(=O)O)c1ccco1. The zero-order valence-electron chi connectivity index (χ0n) is 6.07. The van der Waals surface area contributed by atoms with Crippen LogP contribution in [0.25, 0.3) is 5.57 Å². The van der Waals surface area contributed by atoms with Gasteiger partial charge in [0.1, 0.15) is 5.76 Å². The lowest BCUT2D eigenvalue weighted by molar-refractivity contribution is -0.131. The molecule has 0 aliphatic heterocycles. The second-order valence-electron chi connectivity index (χ2n) is 2.14. The molecule has 3 heteroatoms. The van der Waals surface area contributed by atoms with Gasteiger partial charge in [0.2, 0.25) is 0 Å². The van der Waals surface area contributed by atoms with Crippen LogP contribution in [0.5, 0.6) is 0 Å². The molecule has 11 heavy (non-hydrogen) atoms. The van der Waals surface area contributed by atoms with Gasteiger partial charge in [-0.2, -0.15) is 0 Å². The summed E-state index contributed by atoms with van der Waals surface area (Å²) in [6.45, 7) is 1.69. The Morgan fingerprint density at radius 1 is 1.73 bits per heavy atom. The molecule has 3 nitrogen and oxygen atoms in total. The van der Waals surface area contributed by atoms with E-state index in [-0.39, 0.29) is 0 Å². The molecule has 1 N–H and O–H groups in total. The number of carbonyl (C=O) groups is 1. The van der Waals surface area contributed by atoms with Crippen LogP contribution in [-0.4, -0.2) is 11.1 Å². The van der Waals surface area contributed by atoms with E-state index < -0.39 is 5.97 Å². The maximum atomic E-state index is 10.2. The van der Waals surface area contributed by atoms with Crippen molar-refractivity contribution in [3.05, 3.63) is 30.2 Å². The minimum atomic E-state index is -0.959. The average Bonchev–Trinajstić information content (AvgIpc) is 2.35. The normalized spacial score (nSPS) is 11.5. The van der Waals surface area contributed by atoms with Gasteiger partial charge in [0, 0.05) is 6.08 Å². The molecule has 0 saturated heterocycles. The first-order chi connectivity index (χ1) is 5.20. The van der Waals surface area contributed by atoms with Crippen molar-refractivity contribution in [2.75, 3.05) is 0 Å². The Hall–Kier alpha value is -1.51. The lowest BCUT2D eigenvalue weighted by Crippen LogP contribution is -1.88. The molecule has 0 spiro atoms. The van der Waals surface area contributed by atoms with E-state index in [9.17, 15) is 4.79 Å². The lowest BCUT2D eigenvalue weighted by Gasteiger charge is -1.91. The fourth-order valence-corrected chi connectivity index (χ4v) is 0.759. The quantitative estimate of drug-likeness (QED) is 0.657. The molecule has 1 heterocycles. The highest BCUT2D eigenvalue weighted by atomic mass is 16.4. The predicted molar refractivity (Wildman–Crippen MR) is 40.0 cm³/mol. The van der Waals surface area contributed by atoms with E-state index in [1.807, 2.05) is 0 Å².